The molecule has 1 heterocycles. The molecule has 1 aromatic heterocycles. The first-order valence-corrected chi connectivity index (χ1v) is 12.4. The lowest BCUT2D eigenvalue weighted by Gasteiger charge is -2.10. The molecule has 0 aliphatic heterocycles. The fourth-order valence-corrected chi connectivity index (χ4v) is 4.52. The maximum atomic E-state index is 6.25. The van der Waals surface area contributed by atoms with E-state index in [0.717, 1.165) is 38.9 Å². The van der Waals surface area contributed by atoms with Gasteiger partial charge in [-0.1, -0.05) is 121 Å². The second kappa shape index (κ2) is 10.2. The molecule has 0 radical (unpaired) electrons. The summed E-state index contributed by atoms with van der Waals surface area (Å²) in [7, 11) is 0. The van der Waals surface area contributed by atoms with Crippen molar-refractivity contribution in [2.24, 2.45) is 0 Å². The fourth-order valence-electron chi connectivity index (χ4n) is 4.32. The lowest BCUT2D eigenvalue weighted by atomic mass is 10.0. The fraction of sp³-hybridized carbons (Fsp3) is 0. The Morgan fingerprint density at radius 1 is 0.324 bits per heavy atom. The van der Waals surface area contributed by atoms with E-state index in [2.05, 4.69) is 36.4 Å². The molecule has 6 aromatic rings. The Balaban J connectivity index is 1.49. The average molecular weight is 496 g/mol. The molecule has 176 valence electrons. The van der Waals surface area contributed by atoms with Crippen LogP contribution in [0.3, 0.4) is 0 Å². The van der Waals surface area contributed by atoms with Gasteiger partial charge in [-0.05, 0) is 46.5 Å². The van der Waals surface area contributed by atoms with Crippen molar-refractivity contribution in [2.45, 2.75) is 0 Å². The van der Waals surface area contributed by atoms with Crippen LogP contribution in [0.2, 0.25) is 5.02 Å². The van der Waals surface area contributed by atoms with Crippen molar-refractivity contribution in [3.63, 3.8) is 0 Å². The first kappa shape index (κ1) is 22.8. The van der Waals surface area contributed by atoms with E-state index in [1.807, 2.05) is 97.1 Å². The SMILES string of the molecule is Clc1cccc(-c2cccc(-c3nc(-c4ccccc4)nc(-c4cccc(-c5ccccc5)c4)n3)c2)c1. The van der Waals surface area contributed by atoms with Crippen molar-refractivity contribution >= 4 is 11.6 Å². The highest BCUT2D eigenvalue weighted by molar-refractivity contribution is 6.30. The molecule has 6 rings (SSSR count). The van der Waals surface area contributed by atoms with Crippen molar-refractivity contribution in [1.82, 2.24) is 15.0 Å². The maximum Gasteiger partial charge on any atom is 0.164 e. The van der Waals surface area contributed by atoms with Crippen molar-refractivity contribution in [1.29, 1.82) is 0 Å². The Morgan fingerprint density at radius 3 is 1.24 bits per heavy atom. The van der Waals surface area contributed by atoms with Gasteiger partial charge in [0.1, 0.15) is 0 Å². The third kappa shape index (κ3) is 5.04. The van der Waals surface area contributed by atoms with Gasteiger partial charge in [0.05, 0.1) is 0 Å². The van der Waals surface area contributed by atoms with Crippen LogP contribution >= 0.6 is 11.6 Å². The van der Waals surface area contributed by atoms with Gasteiger partial charge in [0.2, 0.25) is 0 Å². The van der Waals surface area contributed by atoms with Crippen LogP contribution in [0.25, 0.3) is 56.4 Å². The molecule has 0 fully saturated rings. The molecular formula is C33H22ClN3. The second-order valence-corrected chi connectivity index (χ2v) is 9.15. The van der Waals surface area contributed by atoms with E-state index in [1.54, 1.807) is 0 Å². The van der Waals surface area contributed by atoms with Gasteiger partial charge in [-0.15, -0.1) is 0 Å². The summed E-state index contributed by atoms with van der Waals surface area (Å²) < 4.78 is 0. The summed E-state index contributed by atoms with van der Waals surface area (Å²) in [5, 5.41) is 0.704. The molecule has 0 saturated heterocycles. The van der Waals surface area contributed by atoms with E-state index in [9.17, 15) is 0 Å². The highest BCUT2D eigenvalue weighted by Gasteiger charge is 2.13. The Labute approximate surface area is 221 Å². The Hall–Kier alpha value is -4.60. The largest absolute Gasteiger partial charge is 0.208 e. The molecule has 0 atom stereocenters. The number of aromatic nitrogens is 3. The summed E-state index contributed by atoms with van der Waals surface area (Å²) in [5.74, 6) is 1.89. The zero-order valence-electron chi connectivity index (χ0n) is 19.9. The van der Waals surface area contributed by atoms with Crippen LogP contribution in [0.4, 0.5) is 0 Å². The van der Waals surface area contributed by atoms with E-state index in [-0.39, 0.29) is 0 Å². The van der Waals surface area contributed by atoms with Gasteiger partial charge in [-0.25, -0.2) is 15.0 Å². The lowest BCUT2D eigenvalue weighted by Crippen LogP contribution is -2.00. The maximum absolute atomic E-state index is 6.25. The molecule has 0 unspecified atom stereocenters. The number of benzene rings is 5. The van der Waals surface area contributed by atoms with Crippen molar-refractivity contribution in [3.8, 4) is 56.4 Å². The minimum atomic E-state index is 0.623. The van der Waals surface area contributed by atoms with Crippen molar-refractivity contribution in [3.05, 3.63) is 138 Å². The summed E-state index contributed by atoms with van der Waals surface area (Å²) in [6, 6.07) is 44.7. The van der Waals surface area contributed by atoms with Crippen LogP contribution in [0.1, 0.15) is 0 Å². The summed E-state index contributed by atoms with van der Waals surface area (Å²) in [6.07, 6.45) is 0. The van der Waals surface area contributed by atoms with Crippen molar-refractivity contribution in [2.75, 3.05) is 0 Å². The smallest absolute Gasteiger partial charge is 0.164 e. The molecule has 0 saturated carbocycles. The van der Waals surface area contributed by atoms with E-state index >= 15 is 0 Å². The number of hydrogen-bond acceptors (Lipinski definition) is 3. The molecule has 0 spiro atoms. The van der Waals surface area contributed by atoms with E-state index in [0.29, 0.717) is 22.5 Å². The van der Waals surface area contributed by atoms with Crippen LogP contribution in [-0.2, 0) is 0 Å². The molecule has 0 aliphatic rings. The summed E-state index contributed by atoms with van der Waals surface area (Å²) in [6.45, 7) is 0. The van der Waals surface area contributed by atoms with E-state index < -0.39 is 0 Å². The number of hydrogen-bond donors (Lipinski definition) is 0. The van der Waals surface area contributed by atoms with Gasteiger partial charge >= 0.3 is 0 Å². The Morgan fingerprint density at radius 2 is 0.703 bits per heavy atom. The lowest BCUT2D eigenvalue weighted by molar-refractivity contribution is 1.07. The van der Waals surface area contributed by atoms with Crippen LogP contribution < -0.4 is 0 Å². The average Bonchev–Trinajstić information content (AvgIpc) is 2.98. The van der Waals surface area contributed by atoms with Crippen LogP contribution in [0.15, 0.2) is 133 Å². The topological polar surface area (TPSA) is 38.7 Å². The highest BCUT2D eigenvalue weighted by atomic mass is 35.5. The molecule has 37 heavy (non-hydrogen) atoms. The van der Waals surface area contributed by atoms with Gasteiger partial charge in [0.15, 0.2) is 17.5 Å². The monoisotopic (exact) mass is 495 g/mol. The Bertz CT molecular complexity index is 1680. The zero-order valence-corrected chi connectivity index (χ0v) is 20.7. The van der Waals surface area contributed by atoms with Gasteiger partial charge in [0, 0.05) is 21.7 Å². The highest BCUT2D eigenvalue weighted by Crippen LogP contribution is 2.30. The van der Waals surface area contributed by atoms with Crippen LogP contribution in [0.5, 0.6) is 0 Å². The standard InChI is InChI=1S/C33H22ClN3/c34-30-19-9-16-27(22-30)26-15-8-18-29(21-26)33-36-31(24-12-5-2-6-13-24)35-32(37-33)28-17-7-14-25(20-28)23-10-3-1-4-11-23/h1-22H. The quantitative estimate of drug-likeness (QED) is 0.240. The van der Waals surface area contributed by atoms with Gasteiger partial charge in [0.25, 0.3) is 0 Å². The normalized spacial score (nSPS) is 10.8. The first-order chi connectivity index (χ1) is 18.2. The minimum Gasteiger partial charge on any atom is -0.208 e. The molecule has 0 amide bonds. The minimum absolute atomic E-state index is 0.623. The predicted molar refractivity (Wildman–Crippen MR) is 152 cm³/mol. The number of nitrogens with zero attached hydrogens (tertiary/aromatic N) is 3. The van der Waals surface area contributed by atoms with E-state index in [4.69, 9.17) is 26.6 Å². The van der Waals surface area contributed by atoms with E-state index in [1.165, 1.54) is 0 Å². The number of halogens is 1. The molecule has 4 heteroatoms. The molecule has 0 N–H and O–H groups in total. The van der Waals surface area contributed by atoms with Crippen molar-refractivity contribution < 1.29 is 0 Å². The first-order valence-electron chi connectivity index (χ1n) is 12.1. The van der Waals surface area contributed by atoms with Gasteiger partial charge < -0.3 is 0 Å². The van der Waals surface area contributed by atoms with Crippen LogP contribution in [-0.4, -0.2) is 15.0 Å². The van der Waals surface area contributed by atoms with Gasteiger partial charge in [-0.2, -0.15) is 0 Å². The Kier molecular flexibility index (Phi) is 6.28. The number of rotatable bonds is 5. The molecule has 0 aliphatic carbocycles. The summed E-state index contributed by atoms with van der Waals surface area (Å²) in [5.41, 5.74) is 7.15. The van der Waals surface area contributed by atoms with Gasteiger partial charge in [-0.3, -0.25) is 0 Å². The molecule has 5 aromatic carbocycles. The molecule has 0 bridgehead atoms. The third-order valence-electron chi connectivity index (χ3n) is 6.17. The third-order valence-corrected chi connectivity index (χ3v) is 6.41. The van der Waals surface area contributed by atoms with Crippen LogP contribution in [0, 0.1) is 0 Å². The second-order valence-electron chi connectivity index (χ2n) is 8.71. The predicted octanol–water partition coefficient (Wildman–Crippen LogP) is 8.86. The summed E-state index contributed by atoms with van der Waals surface area (Å²) >= 11 is 6.25. The molecule has 3 nitrogen and oxygen atoms in total. The molecular weight excluding hydrogens is 474 g/mol. The summed E-state index contributed by atoms with van der Waals surface area (Å²) in [4.78, 5) is 14.7. The zero-order chi connectivity index (χ0) is 25.0.